The normalized spacial score (nSPS) is 11.2. The van der Waals surface area contributed by atoms with Gasteiger partial charge in [0.05, 0.1) is 24.7 Å². The van der Waals surface area contributed by atoms with Crippen molar-refractivity contribution in [2.24, 2.45) is 7.05 Å². The third-order valence-corrected chi connectivity index (χ3v) is 5.67. The van der Waals surface area contributed by atoms with Gasteiger partial charge in [0.1, 0.15) is 5.69 Å². The lowest BCUT2D eigenvalue weighted by Crippen LogP contribution is -2.19. The van der Waals surface area contributed by atoms with E-state index >= 15 is 0 Å². The monoisotopic (exact) mass is 415 g/mol. The maximum Gasteiger partial charge on any atom is 0.273 e. The summed E-state index contributed by atoms with van der Waals surface area (Å²) in [6.07, 6.45) is 2.82. The number of carbonyl (C=O) groups is 1. The zero-order chi connectivity index (χ0) is 21.2. The van der Waals surface area contributed by atoms with Crippen LogP contribution in [-0.4, -0.2) is 36.2 Å². The van der Waals surface area contributed by atoms with Crippen LogP contribution in [0.2, 0.25) is 0 Å². The third-order valence-electron chi connectivity index (χ3n) is 4.33. The Morgan fingerprint density at radius 1 is 1.17 bits per heavy atom. The molecule has 0 aliphatic carbocycles. The molecule has 0 radical (unpaired) electrons. The molecular weight excluding hydrogens is 394 g/mol. The van der Waals surface area contributed by atoms with E-state index in [1.54, 1.807) is 13.1 Å². The van der Waals surface area contributed by atoms with Crippen molar-refractivity contribution < 1.29 is 17.9 Å². The molecule has 9 nitrogen and oxygen atoms in total. The van der Waals surface area contributed by atoms with Crippen molar-refractivity contribution in [1.82, 2.24) is 14.8 Å². The quantitative estimate of drug-likeness (QED) is 0.639. The van der Waals surface area contributed by atoms with Gasteiger partial charge in [0.2, 0.25) is 5.88 Å². The lowest BCUT2D eigenvalue weighted by Gasteiger charge is -2.15. The summed E-state index contributed by atoms with van der Waals surface area (Å²) in [6, 6.07) is 8.32. The lowest BCUT2D eigenvalue weighted by atomic mass is 10.1. The molecule has 3 rings (SSSR count). The molecule has 0 unspecified atom stereocenters. The molecule has 0 saturated carbocycles. The van der Waals surface area contributed by atoms with Crippen LogP contribution in [0.3, 0.4) is 0 Å². The van der Waals surface area contributed by atoms with Crippen molar-refractivity contribution in [1.29, 1.82) is 0 Å². The van der Waals surface area contributed by atoms with Crippen LogP contribution in [0.1, 0.15) is 21.6 Å². The van der Waals surface area contributed by atoms with Gasteiger partial charge in [-0.1, -0.05) is 18.2 Å². The van der Waals surface area contributed by atoms with Crippen molar-refractivity contribution in [2.45, 2.75) is 18.7 Å². The number of rotatable bonds is 6. The van der Waals surface area contributed by atoms with Gasteiger partial charge in [-0.2, -0.15) is 5.10 Å². The van der Waals surface area contributed by atoms with Crippen LogP contribution in [0.15, 0.2) is 47.6 Å². The van der Waals surface area contributed by atoms with E-state index in [1.165, 1.54) is 30.3 Å². The first-order valence-corrected chi connectivity index (χ1v) is 10.1. The molecule has 0 bridgehead atoms. The number of benzene rings is 1. The van der Waals surface area contributed by atoms with Gasteiger partial charge in [0, 0.05) is 13.2 Å². The maximum absolute atomic E-state index is 13.0. The second-order valence-electron chi connectivity index (χ2n) is 6.40. The first kappa shape index (κ1) is 20.3. The van der Waals surface area contributed by atoms with Crippen LogP contribution in [0, 0.1) is 13.8 Å². The van der Waals surface area contributed by atoms with E-state index in [1.807, 2.05) is 32.0 Å². The number of ether oxygens (including phenoxy) is 1. The average Bonchev–Trinajstić information content (AvgIpc) is 3.11. The van der Waals surface area contributed by atoms with Crippen LogP contribution < -0.4 is 14.8 Å². The number of aryl methyl sites for hydroxylation is 3. The molecular formula is C19H21N5O4S. The number of hydrogen-bond acceptors (Lipinski definition) is 6. The SMILES string of the molecule is COc1ncc(NC(=O)c2ccnn2C)cc1S(=O)(=O)Nc1c(C)cccc1C. The first-order chi connectivity index (χ1) is 13.7. The number of methoxy groups -OCH3 is 1. The summed E-state index contributed by atoms with van der Waals surface area (Å²) in [5, 5.41) is 6.57. The second-order valence-corrected chi connectivity index (χ2v) is 8.05. The van der Waals surface area contributed by atoms with E-state index in [2.05, 4.69) is 20.1 Å². The first-order valence-electron chi connectivity index (χ1n) is 8.65. The topological polar surface area (TPSA) is 115 Å². The fraction of sp³-hybridized carbons (Fsp3) is 0.211. The fourth-order valence-electron chi connectivity index (χ4n) is 2.80. The molecule has 2 aromatic heterocycles. The average molecular weight is 415 g/mol. The van der Waals surface area contributed by atoms with Crippen molar-refractivity contribution in [3.63, 3.8) is 0 Å². The summed E-state index contributed by atoms with van der Waals surface area (Å²) in [6.45, 7) is 3.62. The van der Waals surface area contributed by atoms with Gasteiger partial charge in [0.25, 0.3) is 15.9 Å². The molecule has 2 N–H and O–H groups in total. The van der Waals surface area contributed by atoms with Crippen LogP contribution in [0.4, 0.5) is 11.4 Å². The van der Waals surface area contributed by atoms with Gasteiger partial charge in [-0.25, -0.2) is 13.4 Å². The Morgan fingerprint density at radius 3 is 2.45 bits per heavy atom. The lowest BCUT2D eigenvalue weighted by molar-refractivity contribution is 0.101. The molecule has 0 saturated heterocycles. The van der Waals surface area contributed by atoms with Gasteiger partial charge < -0.3 is 10.1 Å². The van der Waals surface area contributed by atoms with Crippen LogP contribution in [-0.2, 0) is 17.1 Å². The molecule has 0 aliphatic rings. The van der Waals surface area contributed by atoms with Crippen LogP contribution >= 0.6 is 0 Å². The predicted octanol–water partition coefficient (Wildman–Crippen LogP) is 2.49. The Labute approximate surface area is 168 Å². The Hall–Kier alpha value is -3.40. The number of pyridine rings is 1. The number of para-hydroxylation sites is 1. The summed E-state index contributed by atoms with van der Waals surface area (Å²) >= 11 is 0. The van der Waals surface area contributed by atoms with E-state index in [0.717, 1.165) is 11.1 Å². The van der Waals surface area contributed by atoms with Gasteiger partial charge in [0.15, 0.2) is 4.90 Å². The minimum Gasteiger partial charge on any atom is -0.480 e. The summed E-state index contributed by atoms with van der Waals surface area (Å²) in [4.78, 5) is 16.2. The number of anilines is 2. The minimum absolute atomic E-state index is 0.0812. The summed E-state index contributed by atoms with van der Waals surface area (Å²) in [7, 11) is -1.07. The van der Waals surface area contributed by atoms with Crippen LogP contribution in [0.25, 0.3) is 0 Å². The third kappa shape index (κ3) is 4.21. The van der Waals surface area contributed by atoms with Crippen molar-refractivity contribution in [2.75, 3.05) is 17.1 Å². The van der Waals surface area contributed by atoms with E-state index < -0.39 is 15.9 Å². The highest BCUT2D eigenvalue weighted by Gasteiger charge is 2.24. The molecule has 10 heteroatoms. The molecule has 0 fully saturated rings. The van der Waals surface area contributed by atoms with E-state index in [9.17, 15) is 13.2 Å². The largest absolute Gasteiger partial charge is 0.480 e. The maximum atomic E-state index is 13.0. The molecule has 0 atom stereocenters. The Bertz CT molecular complexity index is 1150. The molecule has 1 amide bonds. The second kappa shape index (κ2) is 7.92. The number of nitrogens with zero attached hydrogens (tertiary/aromatic N) is 3. The highest BCUT2D eigenvalue weighted by atomic mass is 32.2. The molecule has 0 aliphatic heterocycles. The molecule has 29 heavy (non-hydrogen) atoms. The number of hydrogen-bond donors (Lipinski definition) is 2. The van der Waals surface area contributed by atoms with Crippen molar-refractivity contribution in [3.8, 4) is 5.88 Å². The summed E-state index contributed by atoms with van der Waals surface area (Å²) in [5.74, 6) is -0.523. The zero-order valence-corrected chi connectivity index (χ0v) is 17.2. The van der Waals surface area contributed by atoms with E-state index in [4.69, 9.17) is 4.74 Å². The molecule has 3 aromatic rings. The van der Waals surface area contributed by atoms with Crippen LogP contribution in [0.5, 0.6) is 5.88 Å². The number of carbonyl (C=O) groups excluding carboxylic acids is 1. The molecule has 1 aromatic carbocycles. The predicted molar refractivity (Wildman–Crippen MR) is 109 cm³/mol. The highest BCUT2D eigenvalue weighted by Crippen LogP contribution is 2.29. The van der Waals surface area contributed by atoms with Gasteiger partial charge in [-0.15, -0.1) is 0 Å². The van der Waals surface area contributed by atoms with E-state index in [-0.39, 0.29) is 16.5 Å². The van der Waals surface area contributed by atoms with Crippen molar-refractivity contribution >= 4 is 27.3 Å². The van der Waals surface area contributed by atoms with Gasteiger partial charge in [-0.3, -0.25) is 14.2 Å². The Balaban J connectivity index is 1.96. The smallest absolute Gasteiger partial charge is 0.273 e. The zero-order valence-electron chi connectivity index (χ0n) is 16.4. The fourth-order valence-corrected chi connectivity index (χ4v) is 4.15. The summed E-state index contributed by atoms with van der Waals surface area (Å²) < 4.78 is 35.2. The number of aromatic nitrogens is 3. The standard InChI is InChI=1S/C19H21N5O4S/c1-12-6-5-7-13(2)17(12)23-29(26,27)16-10-14(11-20-19(16)28-4)22-18(25)15-8-9-21-24(15)3/h5-11,23H,1-4H3,(H,22,25). The van der Waals surface area contributed by atoms with Crippen molar-refractivity contribution in [3.05, 3.63) is 59.5 Å². The number of nitrogens with one attached hydrogen (secondary N) is 2. The molecule has 2 heterocycles. The number of sulfonamides is 1. The van der Waals surface area contributed by atoms with Gasteiger partial charge >= 0.3 is 0 Å². The van der Waals surface area contributed by atoms with E-state index in [0.29, 0.717) is 11.4 Å². The Morgan fingerprint density at radius 2 is 1.86 bits per heavy atom. The molecule has 152 valence electrons. The Kier molecular flexibility index (Phi) is 5.55. The summed E-state index contributed by atoms with van der Waals surface area (Å²) in [5.41, 5.74) is 2.57. The number of amides is 1. The highest BCUT2D eigenvalue weighted by molar-refractivity contribution is 7.92. The minimum atomic E-state index is -4.03. The molecule has 0 spiro atoms. The van der Waals surface area contributed by atoms with Gasteiger partial charge in [-0.05, 0) is 37.1 Å².